The van der Waals surface area contributed by atoms with Gasteiger partial charge in [0.05, 0.1) is 11.6 Å². The summed E-state index contributed by atoms with van der Waals surface area (Å²) in [4.78, 5) is 12.0. The predicted molar refractivity (Wildman–Crippen MR) is 87.5 cm³/mol. The van der Waals surface area contributed by atoms with Crippen LogP contribution in [0.3, 0.4) is 0 Å². The topological polar surface area (TPSA) is 59.3 Å². The minimum absolute atomic E-state index is 0.0294. The van der Waals surface area contributed by atoms with Gasteiger partial charge in [-0.05, 0) is 43.3 Å². The summed E-state index contributed by atoms with van der Waals surface area (Å²) in [5.74, 6) is -0.0606. The third kappa shape index (κ3) is 4.62. The van der Waals surface area contributed by atoms with Crippen LogP contribution in [0, 0.1) is 11.3 Å². The Labute approximate surface area is 144 Å². The zero-order valence-electron chi connectivity index (χ0n) is 12.3. The Morgan fingerprint density at radius 3 is 2.35 bits per heavy atom. The number of rotatable bonds is 5. The second-order valence-electron chi connectivity index (χ2n) is 4.70. The summed E-state index contributed by atoms with van der Waals surface area (Å²) in [6, 6.07) is 13.5. The molecule has 1 atom stereocenters. The first kappa shape index (κ1) is 17.1. The maximum absolute atomic E-state index is 12.0. The average molecular weight is 350 g/mol. The molecule has 0 aliphatic heterocycles. The Kier molecular flexibility index (Phi) is 5.86. The molecule has 0 radical (unpaired) electrons. The van der Waals surface area contributed by atoms with Gasteiger partial charge in [-0.1, -0.05) is 29.3 Å². The summed E-state index contributed by atoms with van der Waals surface area (Å²) >= 11 is 12.0. The minimum Gasteiger partial charge on any atom is -0.479 e. The summed E-state index contributed by atoms with van der Waals surface area (Å²) in [6.45, 7) is 1.55. The number of carbonyl (C=O) groups excluding carboxylic acids is 1. The van der Waals surface area contributed by atoms with Gasteiger partial charge in [0, 0.05) is 15.6 Å². The molecule has 0 unspecified atom stereocenters. The van der Waals surface area contributed by atoms with Crippen LogP contribution in [0.4, 0.5) is 0 Å². The lowest BCUT2D eigenvalue weighted by atomic mass is 10.2. The fourth-order valence-corrected chi connectivity index (χ4v) is 2.30. The highest BCUT2D eigenvalue weighted by atomic mass is 35.5. The van der Waals surface area contributed by atoms with Gasteiger partial charge in [-0.25, -0.2) is 4.79 Å². The average Bonchev–Trinajstić information content (AvgIpc) is 2.54. The maximum atomic E-state index is 12.0. The molecule has 0 spiro atoms. The summed E-state index contributed by atoms with van der Waals surface area (Å²) in [5, 5.41) is 9.61. The molecule has 0 fully saturated rings. The summed E-state index contributed by atoms with van der Waals surface area (Å²) < 4.78 is 10.7. The van der Waals surface area contributed by atoms with E-state index in [-0.39, 0.29) is 6.61 Å². The number of esters is 1. The van der Waals surface area contributed by atoms with Crippen LogP contribution in [-0.2, 0) is 16.1 Å². The van der Waals surface area contributed by atoms with Crippen LogP contribution in [0.25, 0.3) is 0 Å². The van der Waals surface area contributed by atoms with Crippen LogP contribution in [-0.4, -0.2) is 12.1 Å². The highest BCUT2D eigenvalue weighted by Gasteiger charge is 2.17. The van der Waals surface area contributed by atoms with Crippen molar-refractivity contribution in [3.05, 3.63) is 63.6 Å². The van der Waals surface area contributed by atoms with Crippen molar-refractivity contribution in [2.45, 2.75) is 19.6 Å². The lowest BCUT2D eigenvalue weighted by molar-refractivity contribution is -0.152. The van der Waals surface area contributed by atoms with Crippen LogP contribution in [0.2, 0.25) is 10.0 Å². The lowest BCUT2D eigenvalue weighted by Gasteiger charge is -2.15. The first-order valence-corrected chi connectivity index (χ1v) is 7.53. The van der Waals surface area contributed by atoms with Crippen LogP contribution in [0.1, 0.15) is 18.1 Å². The van der Waals surface area contributed by atoms with Gasteiger partial charge in [0.25, 0.3) is 0 Å². The number of halogens is 2. The van der Waals surface area contributed by atoms with E-state index in [1.807, 2.05) is 6.07 Å². The number of hydrogen-bond donors (Lipinski definition) is 0. The molecule has 0 aliphatic rings. The van der Waals surface area contributed by atoms with Crippen molar-refractivity contribution in [1.82, 2.24) is 0 Å². The second-order valence-corrected chi connectivity index (χ2v) is 5.52. The lowest BCUT2D eigenvalue weighted by Crippen LogP contribution is -2.26. The van der Waals surface area contributed by atoms with Gasteiger partial charge in [0.15, 0.2) is 6.10 Å². The molecule has 118 valence electrons. The fourth-order valence-electron chi connectivity index (χ4n) is 1.79. The Bertz CT molecular complexity index is 718. The Hall–Kier alpha value is -2.22. The van der Waals surface area contributed by atoms with Crippen LogP contribution < -0.4 is 4.74 Å². The standard InChI is InChI=1S/C17H13Cl2NO3/c1-11(23-13-7-5-12(9-20)6-8-13)17(21)22-10-14-15(18)3-2-4-16(14)19/h2-8,11H,10H2,1H3/t11-/m1/s1. The van der Waals surface area contributed by atoms with Crippen molar-refractivity contribution in [3.63, 3.8) is 0 Å². The molecule has 6 heteroatoms. The van der Waals surface area contributed by atoms with Gasteiger partial charge >= 0.3 is 5.97 Å². The van der Waals surface area contributed by atoms with Crippen molar-refractivity contribution in [2.24, 2.45) is 0 Å². The van der Waals surface area contributed by atoms with E-state index < -0.39 is 12.1 Å². The number of carbonyl (C=O) groups is 1. The second kappa shape index (κ2) is 7.87. The highest BCUT2D eigenvalue weighted by Crippen LogP contribution is 2.25. The predicted octanol–water partition coefficient (Wildman–Crippen LogP) is 4.38. The largest absolute Gasteiger partial charge is 0.479 e. The summed E-state index contributed by atoms with van der Waals surface area (Å²) in [6.07, 6.45) is -0.802. The van der Waals surface area contributed by atoms with E-state index in [9.17, 15) is 4.79 Å². The van der Waals surface area contributed by atoms with Crippen molar-refractivity contribution >= 4 is 29.2 Å². The zero-order chi connectivity index (χ0) is 16.8. The molecule has 0 bridgehead atoms. The van der Waals surface area contributed by atoms with Crippen LogP contribution in [0.15, 0.2) is 42.5 Å². The molecule has 0 heterocycles. The molecule has 0 saturated heterocycles. The molecule has 4 nitrogen and oxygen atoms in total. The number of benzene rings is 2. The van der Waals surface area contributed by atoms with E-state index in [0.717, 1.165) is 0 Å². The molecule has 2 rings (SSSR count). The quantitative estimate of drug-likeness (QED) is 0.751. The molecule has 0 aliphatic carbocycles. The minimum atomic E-state index is -0.802. The fraction of sp³-hybridized carbons (Fsp3) is 0.176. The van der Waals surface area contributed by atoms with Gasteiger partial charge < -0.3 is 9.47 Å². The van der Waals surface area contributed by atoms with E-state index >= 15 is 0 Å². The van der Waals surface area contributed by atoms with E-state index in [2.05, 4.69) is 0 Å². The molecule has 23 heavy (non-hydrogen) atoms. The number of ether oxygens (including phenoxy) is 2. The molecule has 0 saturated carbocycles. The van der Waals surface area contributed by atoms with Gasteiger partial charge in [0.1, 0.15) is 12.4 Å². The maximum Gasteiger partial charge on any atom is 0.347 e. The first-order valence-electron chi connectivity index (χ1n) is 6.77. The van der Waals surface area contributed by atoms with Gasteiger partial charge in [0.2, 0.25) is 0 Å². The first-order chi connectivity index (χ1) is 11.0. The molecule has 2 aromatic rings. The number of hydrogen-bond acceptors (Lipinski definition) is 4. The number of nitriles is 1. The molecule has 0 aromatic heterocycles. The summed E-state index contributed by atoms with van der Waals surface area (Å²) in [7, 11) is 0. The zero-order valence-corrected chi connectivity index (χ0v) is 13.8. The Morgan fingerprint density at radius 2 is 1.78 bits per heavy atom. The van der Waals surface area contributed by atoms with Crippen molar-refractivity contribution < 1.29 is 14.3 Å². The normalized spacial score (nSPS) is 11.4. The van der Waals surface area contributed by atoms with Crippen LogP contribution in [0.5, 0.6) is 5.75 Å². The van der Waals surface area contributed by atoms with Crippen LogP contribution >= 0.6 is 23.2 Å². The SMILES string of the molecule is C[C@@H](Oc1ccc(C#N)cc1)C(=O)OCc1c(Cl)cccc1Cl. The van der Waals surface area contributed by atoms with Crippen molar-refractivity contribution in [1.29, 1.82) is 5.26 Å². The van der Waals surface area contributed by atoms with Crippen molar-refractivity contribution in [3.8, 4) is 11.8 Å². The number of nitrogens with zero attached hydrogens (tertiary/aromatic N) is 1. The van der Waals surface area contributed by atoms with E-state index in [1.54, 1.807) is 49.4 Å². The molecule has 2 aromatic carbocycles. The van der Waals surface area contributed by atoms with E-state index in [1.165, 1.54) is 0 Å². The molecule has 0 amide bonds. The van der Waals surface area contributed by atoms with Crippen molar-refractivity contribution in [2.75, 3.05) is 0 Å². The third-order valence-electron chi connectivity index (χ3n) is 3.05. The van der Waals surface area contributed by atoms with Gasteiger partial charge in [-0.2, -0.15) is 5.26 Å². The Morgan fingerprint density at radius 1 is 1.17 bits per heavy atom. The summed E-state index contributed by atoms with van der Waals surface area (Å²) in [5.41, 5.74) is 1.07. The van der Waals surface area contributed by atoms with E-state index in [0.29, 0.717) is 26.9 Å². The highest BCUT2D eigenvalue weighted by molar-refractivity contribution is 6.35. The van der Waals surface area contributed by atoms with E-state index in [4.69, 9.17) is 37.9 Å². The Balaban J connectivity index is 1.93. The smallest absolute Gasteiger partial charge is 0.347 e. The van der Waals surface area contributed by atoms with Gasteiger partial charge in [-0.15, -0.1) is 0 Å². The monoisotopic (exact) mass is 349 g/mol. The molecule has 0 N–H and O–H groups in total. The molecular formula is C17H13Cl2NO3. The third-order valence-corrected chi connectivity index (χ3v) is 3.76. The van der Waals surface area contributed by atoms with Gasteiger partial charge in [-0.3, -0.25) is 0 Å². The molecular weight excluding hydrogens is 337 g/mol.